The molecule has 1 aromatic heterocycles. The van der Waals surface area contributed by atoms with E-state index in [1.807, 2.05) is 0 Å². The highest BCUT2D eigenvalue weighted by atomic mass is 35.5. The summed E-state index contributed by atoms with van der Waals surface area (Å²) in [5, 5.41) is 0.425. The normalized spacial score (nSPS) is 14.3. The summed E-state index contributed by atoms with van der Waals surface area (Å²) in [6, 6.07) is 5.97. The van der Waals surface area contributed by atoms with E-state index in [0.29, 0.717) is 16.5 Å². The van der Waals surface area contributed by atoms with Crippen LogP contribution in [-0.4, -0.2) is 15.5 Å². The molecule has 2 heterocycles. The fourth-order valence-electron chi connectivity index (χ4n) is 1.95. The van der Waals surface area contributed by atoms with Gasteiger partial charge in [-0.05, 0) is 23.9 Å². The summed E-state index contributed by atoms with van der Waals surface area (Å²) in [4.78, 5) is 8.81. The van der Waals surface area contributed by atoms with Crippen LogP contribution in [0, 0.1) is 0 Å². The molecule has 0 radical (unpaired) electrons. The van der Waals surface area contributed by atoms with Crippen LogP contribution in [0.15, 0.2) is 29.2 Å². The third-order valence-corrected chi connectivity index (χ3v) is 4.90. The molecule has 3 rings (SSSR count). The first kappa shape index (κ1) is 15.0. The van der Waals surface area contributed by atoms with Crippen molar-refractivity contribution >= 4 is 35.1 Å². The van der Waals surface area contributed by atoms with Gasteiger partial charge in [0.05, 0.1) is 5.69 Å². The predicted octanol–water partition coefficient (Wildman–Crippen LogP) is 5.16. The van der Waals surface area contributed by atoms with Gasteiger partial charge >= 0.3 is 5.51 Å². The fourth-order valence-corrected chi connectivity index (χ4v) is 3.86. The lowest BCUT2D eigenvalue weighted by Crippen LogP contribution is -1.99. The molecule has 1 aliphatic rings. The number of benzene rings is 1. The van der Waals surface area contributed by atoms with Crippen LogP contribution < -0.4 is 0 Å². The zero-order valence-electron chi connectivity index (χ0n) is 10.4. The first-order valence-corrected chi connectivity index (χ1v) is 8.26. The highest BCUT2D eigenvalue weighted by Crippen LogP contribution is 2.38. The second kappa shape index (κ2) is 5.70. The molecule has 0 unspecified atom stereocenters. The molecule has 21 heavy (non-hydrogen) atoms. The van der Waals surface area contributed by atoms with E-state index < -0.39 is 5.51 Å². The molecule has 0 spiro atoms. The van der Waals surface area contributed by atoms with Crippen LogP contribution in [0.5, 0.6) is 0 Å². The zero-order valence-corrected chi connectivity index (χ0v) is 12.8. The van der Waals surface area contributed by atoms with Crippen molar-refractivity contribution in [1.82, 2.24) is 9.97 Å². The Morgan fingerprint density at radius 1 is 1.10 bits per heavy atom. The third-order valence-electron chi connectivity index (χ3n) is 2.87. The lowest BCUT2D eigenvalue weighted by molar-refractivity contribution is -0.0328. The molecule has 0 atom stereocenters. The molecule has 110 valence electrons. The summed E-state index contributed by atoms with van der Waals surface area (Å²) in [6.45, 7) is 0. The summed E-state index contributed by atoms with van der Waals surface area (Å²) < 4.78 is 36.9. The zero-order chi connectivity index (χ0) is 15.0. The van der Waals surface area contributed by atoms with E-state index in [1.54, 1.807) is 23.9 Å². The highest BCUT2D eigenvalue weighted by Gasteiger charge is 2.29. The van der Waals surface area contributed by atoms with Crippen molar-refractivity contribution in [3.05, 3.63) is 40.7 Å². The van der Waals surface area contributed by atoms with E-state index in [2.05, 4.69) is 9.97 Å². The predicted molar refractivity (Wildman–Crippen MR) is 79.4 cm³/mol. The molecule has 0 aliphatic carbocycles. The van der Waals surface area contributed by atoms with Gasteiger partial charge in [0.25, 0.3) is 0 Å². The second-order valence-electron chi connectivity index (χ2n) is 4.33. The molecular formula is C13H8ClF3N2S2. The van der Waals surface area contributed by atoms with Gasteiger partial charge in [0.1, 0.15) is 5.15 Å². The Morgan fingerprint density at radius 3 is 2.48 bits per heavy atom. The Morgan fingerprint density at radius 2 is 1.81 bits per heavy atom. The number of rotatable bonds is 2. The maximum Gasteiger partial charge on any atom is 0.446 e. The van der Waals surface area contributed by atoms with Crippen molar-refractivity contribution in [3.63, 3.8) is 0 Å². The van der Waals surface area contributed by atoms with Crippen LogP contribution in [0.3, 0.4) is 0 Å². The fraction of sp³-hybridized carbons (Fsp3) is 0.231. The molecule has 0 fully saturated rings. The average molecular weight is 349 g/mol. The first-order valence-electron chi connectivity index (χ1n) is 5.91. The van der Waals surface area contributed by atoms with Crippen molar-refractivity contribution in [1.29, 1.82) is 0 Å². The minimum atomic E-state index is -4.29. The van der Waals surface area contributed by atoms with E-state index in [1.165, 1.54) is 12.1 Å². The number of nitrogens with zero attached hydrogens (tertiary/aromatic N) is 2. The number of thioether (sulfide) groups is 2. The van der Waals surface area contributed by atoms with Gasteiger partial charge in [-0.3, -0.25) is 0 Å². The number of hydrogen-bond acceptors (Lipinski definition) is 4. The van der Waals surface area contributed by atoms with E-state index in [4.69, 9.17) is 11.6 Å². The molecule has 1 aliphatic heterocycles. The molecule has 0 N–H and O–H groups in total. The van der Waals surface area contributed by atoms with Gasteiger partial charge < -0.3 is 0 Å². The Labute approximate surface area is 132 Å². The molecule has 2 nitrogen and oxygen atoms in total. The van der Waals surface area contributed by atoms with Gasteiger partial charge in [-0.2, -0.15) is 24.9 Å². The summed E-state index contributed by atoms with van der Waals surface area (Å²) in [5.74, 6) is 2.03. The molecule has 8 heteroatoms. The number of halogens is 4. The number of hydrogen-bond donors (Lipinski definition) is 0. The molecule has 2 aromatic rings. The molecule has 0 bridgehead atoms. The van der Waals surface area contributed by atoms with E-state index in [0.717, 1.165) is 22.8 Å². The topological polar surface area (TPSA) is 25.8 Å². The molecule has 0 saturated carbocycles. The van der Waals surface area contributed by atoms with Gasteiger partial charge in [0.2, 0.25) is 0 Å². The van der Waals surface area contributed by atoms with Gasteiger partial charge in [-0.15, -0.1) is 0 Å². The maximum atomic E-state index is 12.3. The minimum absolute atomic E-state index is 0.133. The van der Waals surface area contributed by atoms with Crippen LogP contribution in [0.1, 0.15) is 11.3 Å². The Bertz CT molecular complexity index is 674. The van der Waals surface area contributed by atoms with Crippen molar-refractivity contribution in [2.75, 3.05) is 0 Å². The van der Waals surface area contributed by atoms with Crippen molar-refractivity contribution < 1.29 is 13.2 Å². The number of aromatic nitrogens is 2. The van der Waals surface area contributed by atoms with Crippen LogP contribution >= 0.6 is 35.1 Å². The van der Waals surface area contributed by atoms with Crippen molar-refractivity contribution in [2.45, 2.75) is 21.9 Å². The third kappa shape index (κ3) is 3.46. The lowest BCUT2D eigenvalue weighted by atomic mass is 10.2. The minimum Gasteiger partial charge on any atom is -0.232 e. The van der Waals surface area contributed by atoms with Gasteiger partial charge in [0.15, 0.2) is 5.82 Å². The highest BCUT2D eigenvalue weighted by molar-refractivity contribution is 8.00. The molecule has 0 saturated heterocycles. The van der Waals surface area contributed by atoms with Crippen LogP contribution in [-0.2, 0) is 11.5 Å². The van der Waals surface area contributed by atoms with Gasteiger partial charge in [0, 0.05) is 27.5 Å². The molecule has 1 aromatic carbocycles. The van der Waals surface area contributed by atoms with E-state index in [9.17, 15) is 13.2 Å². The van der Waals surface area contributed by atoms with Crippen LogP contribution in [0.25, 0.3) is 11.4 Å². The Balaban J connectivity index is 1.89. The van der Waals surface area contributed by atoms with E-state index >= 15 is 0 Å². The molecular weight excluding hydrogens is 341 g/mol. The number of alkyl halides is 3. The SMILES string of the molecule is FC(F)(F)Sc1ccc(-c2nc(Cl)c3c(n2)CSC3)cc1. The number of fused-ring (bicyclic) bond motifs is 1. The van der Waals surface area contributed by atoms with Gasteiger partial charge in [-0.25, -0.2) is 9.97 Å². The quantitative estimate of drug-likeness (QED) is 0.553. The Hall–Kier alpha value is -0.920. The molecule has 0 amide bonds. The summed E-state index contributed by atoms with van der Waals surface area (Å²) >= 11 is 7.70. The van der Waals surface area contributed by atoms with Crippen LogP contribution in [0.4, 0.5) is 13.2 Å². The lowest BCUT2D eigenvalue weighted by Gasteiger charge is -2.07. The van der Waals surface area contributed by atoms with E-state index in [-0.39, 0.29) is 16.7 Å². The largest absolute Gasteiger partial charge is 0.446 e. The Kier molecular flexibility index (Phi) is 4.07. The first-order chi connectivity index (χ1) is 9.92. The van der Waals surface area contributed by atoms with Crippen LogP contribution in [0.2, 0.25) is 5.15 Å². The summed E-state index contributed by atoms with van der Waals surface area (Å²) in [6.07, 6.45) is 0. The summed E-state index contributed by atoms with van der Waals surface area (Å²) in [5.41, 5.74) is -1.77. The second-order valence-corrected chi connectivity index (χ2v) is 6.81. The average Bonchev–Trinajstić information content (AvgIpc) is 2.86. The van der Waals surface area contributed by atoms with Crippen molar-refractivity contribution in [3.8, 4) is 11.4 Å². The maximum absolute atomic E-state index is 12.3. The van der Waals surface area contributed by atoms with Gasteiger partial charge in [-0.1, -0.05) is 23.7 Å². The smallest absolute Gasteiger partial charge is 0.232 e. The van der Waals surface area contributed by atoms with Crippen molar-refractivity contribution in [2.24, 2.45) is 0 Å². The summed E-state index contributed by atoms with van der Waals surface area (Å²) in [7, 11) is 0. The standard InChI is InChI=1S/C13H8ClF3N2S2/c14-11-9-5-20-6-10(9)18-12(19-11)7-1-3-8(4-2-7)21-13(15,16)17/h1-4H,5-6H2. The monoisotopic (exact) mass is 348 g/mol.